The Balaban J connectivity index is 1.30. The molecule has 0 saturated heterocycles. The van der Waals surface area contributed by atoms with E-state index >= 15 is 0 Å². The number of para-hydroxylation sites is 2. The van der Waals surface area contributed by atoms with Gasteiger partial charge >= 0.3 is 0 Å². The fourth-order valence-corrected chi connectivity index (χ4v) is 4.57. The van der Waals surface area contributed by atoms with Crippen LogP contribution in [0, 0.1) is 0 Å². The highest BCUT2D eigenvalue weighted by Gasteiger charge is 2.27. The zero-order valence-corrected chi connectivity index (χ0v) is 18.0. The molecule has 0 N–H and O–H groups in total. The van der Waals surface area contributed by atoms with Crippen molar-refractivity contribution in [1.82, 2.24) is 14.6 Å². The molecule has 0 fully saturated rings. The van der Waals surface area contributed by atoms with Crippen molar-refractivity contribution in [3.63, 3.8) is 0 Å². The molecule has 0 saturated carbocycles. The van der Waals surface area contributed by atoms with Crippen LogP contribution in [0.5, 0.6) is 11.5 Å². The minimum atomic E-state index is -0.478. The number of furan rings is 1. The largest absolute Gasteiger partial charge is 0.485 e. The van der Waals surface area contributed by atoms with E-state index in [0.717, 1.165) is 5.56 Å². The summed E-state index contributed by atoms with van der Waals surface area (Å²) in [5.74, 6) is 2.95. The lowest BCUT2D eigenvalue weighted by molar-refractivity contribution is 0.0852. The summed E-state index contributed by atoms with van der Waals surface area (Å²) in [5.41, 5.74) is 0.602. The number of aromatic nitrogens is 3. The van der Waals surface area contributed by atoms with Gasteiger partial charge in [-0.3, -0.25) is 4.79 Å². The van der Waals surface area contributed by atoms with Gasteiger partial charge in [0.2, 0.25) is 4.96 Å². The predicted molar refractivity (Wildman–Crippen MR) is 120 cm³/mol. The van der Waals surface area contributed by atoms with Crippen LogP contribution in [0.4, 0.5) is 0 Å². The molecule has 0 radical (unpaired) electrons. The highest BCUT2D eigenvalue weighted by molar-refractivity contribution is 7.15. The molecule has 6 rings (SSSR count). The van der Waals surface area contributed by atoms with Crippen molar-refractivity contribution >= 4 is 34.0 Å². The van der Waals surface area contributed by atoms with Crippen LogP contribution in [0.25, 0.3) is 22.4 Å². The Morgan fingerprint density at radius 2 is 1.97 bits per heavy atom. The Labute approximate surface area is 190 Å². The predicted octanol–water partition coefficient (Wildman–Crippen LogP) is 4.12. The molecule has 0 spiro atoms. The van der Waals surface area contributed by atoms with Crippen LogP contribution in [0.3, 0.4) is 0 Å². The second-order valence-corrected chi connectivity index (χ2v) is 8.60. The van der Waals surface area contributed by atoms with Gasteiger partial charge in [0, 0.05) is 16.7 Å². The van der Waals surface area contributed by atoms with Crippen molar-refractivity contribution in [2.45, 2.75) is 6.10 Å². The summed E-state index contributed by atoms with van der Waals surface area (Å²) in [6, 6.07) is 18.5. The molecule has 0 amide bonds. The monoisotopic (exact) mass is 463 g/mol. The second kappa shape index (κ2) is 7.51. The van der Waals surface area contributed by atoms with Gasteiger partial charge in [-0.05, 0) is 36.4 Å². The van der Waals surface area contributed by atoms with Crippen molar-refractivity contribution in [2.24, 2.45) is 0 Å². The van der Waals surface area contributed by atoms with Gasteiger partial charge in [0.25, 0.3) is 5.56 Å². The van der Waals surface area contributed by atoms with Gasteiger partial charge in [0.05, 0.1) is 0 Å². The molecule has 158 valence electrons. The summed E-state index contributed by atoms with van der Waals surface area (Å²) in [7, 11) is 0. The normalized spacial score (nSPS) is 16.0. The number of halogens is 1. The first kappa shape index (κ1) is 19.1. The second-order valence-electron chi connectivity index (χ2n) is 7.16. The number of hydrogen-bond acceptors (Lipinski definition) is 7. The van der Waals surface area contributed by atoms with Gasteiger partial charge in [0.15, 0.2) is 23.4 Å². The number of nitrogens with zero attached hydrogens (tertiary/aromatic N) is 3. The third kappa shape index (κ3) is 3.34. The summed E-state index contributed by atoms with van der Waals surface area (Å²) >= 11 is 7.30. The smallest absolute Gasteiger partial charge is 0.291 e. The van der Waals surface area contributed by atoms with E-state index in [2.05, 4.69) is 10.1 Å². The number of thiazole rings is 1. The van der Waals surface area contributed by atoms with Gasteiger partial charge in [-0.25, -0.2) is 0 Å². The molecule has 32 heavy (non-hydrogen) atoms. The zero-order chi connectivity index (χ0) is 21.7. The van der Waals surface area contributed by atoms with Crippen LogP contribution in [0.1, 0.15) is 17.7 Å². The van der Waals surface area contributed by atoms with E-state index in [-0.39, 0.29) is 12.2 Å². The minimum Gasteiger partial charge on any atom is -0.485 e. The number of benzene rings is 2. The van der Waals surface area contributed by atoms with Crippen LogP contribution in [0.2, 0.25) is 5.02 Å². The third-order valence-corrected chi connectivity index (χ3v) is 6.20. The molecule has 2 aromatic carbocycles. The van der Waals surface area contributed by atoms with Gasteiger partial charge in [-0.1, -0.05) is 47.2 Å². The first-order chi connectivity index (χ1) is 15.6. The lowest BCUT2D eigenvalue weighted by Gasteiger charge is -2.24. The van der Waals surface area contributed by atoms with Gasteiger partial charge < -0.3 is 13.9 Å². The molecule has 4 heterocycles. The molecular weight excluding hydrogens is 450 g/mol. The van der Waals surface area contributed by atoms with Crippen LogP contribution in [0.15, 0.2) is 69.9 Å². The SMILES string of the molecule is O=c1/c(=C/c2ccc(-c3cccc(Cl)c3)o2)sc2nc([C@H]3COc4ccccc4O3)nn12. The third-order valence-electron chi connectivity index (χ3n) is 5.00. The molecule has 7 nitrogen and oxygen atoms in total. The molecule has 1 atom stereocenters. The quantitative estimate of drug-likeness (QED) is 0.400. The van der Waals surface area contributed by atoms with Crippen molar-refractivity contribution in [1.29, 1.82) is 0 Å². The average molecular weight is 464 g/mol. The summed E-state index contributed by atoms with van der Waals surface area (Å²) in [6.07, 6.45) is 1.21. The maximum Gasteiger partial charge on any atom is 0.291 e. The van der Waals surface area contributed by atoms with Gasteiger partial charge in [-0.15, -0.1) is 5.10 Å². The van der Waals surface area contributed by atoms with Gasteiger partial charge in [0.1, 0.15) is 22.7 Å². The van der Waals surface area contributed by atoms with E-state index in [4.69, 9.17) is 25.5 Å². The number of rotatable bonds is 3. The van der Waals surface area contributed by atoms with Crippen molar-refractivity contribution in [2.75, 3.05) is 6.61 Å². The summed E-state index contributed by atoms with van der Waals surface area (Å²) < 4.78 is 19.3. The molecule has 0 bridgehead atoms. The molecule has 0 unspecified atom stereocenters. The first-order valence-electron chi connectivity index (χ1n) is 9.79. The van der Waals surface area contributed by atoms with Crippen LogP contribution in [-0.4, -0.2) is 21.2 Å². The highest BCUT2D eigenvalue weighted by Crippen LogP contribution is 2.35. The molecule has 3 aromatic heterocycles. The zero-order valence-electron chi connectivity index (χ0n) is 16.4. The molecular formula is C23H14ClN3O4S. The summed E-state index contributed by atoms with van der Waals surface area (Å²) in [6.45, 7) is 0.278. The van der Waals surface area contributed by atoms with Crippen LogP contribution in [-0.2, 0) is 0 Å². The Kier molecular flexibility index (Phi) is 4.48. The lowest BCUT2D eigenvalue weighted by atomic mass is 10.2. The highest BCUT2D eigenvalue weighted by atomic mass is 35.5. The number of hydrogen-bond donors (Lipinski definition) is 0. The Morgan fingerprint density at radius 3 is 2.81 bits per heavy atom. The van der Waals surface area contributed by atoms with Crippen molar-refractivity contribution in [3.05, 3.63) is 92.2 Å². The van der Waals surface area contributed by atoms with Crippen molar-refractivity contribution < 1.29 is 13.9 Å². The fraction of sp³-hybridized carbons (Fsp3) is 0.0870. The number of ether oxygens (including phenoxy) is 2. The van der Waals surface area contributed by atoms with Crippen LogP contribution < -0.4 is 19.6 Å². The number of fused-ring (bicyclic) bond motifs is 2. The molecule has 1 aliphatic heterocycles. The maximum absolute atomic E-state index is 12.9. The van der Waals surface area contributed by atoms with Crippen molar-refractivity contribution in [3.8, 4) is 22.8 Å². The lowest BCUT2D eigenvalue weighted by Crippen LogP contribution is -2.26. The molecule has 0 aliphatic carbocycles. The first-order valence-corrected chi connectivity index (χ1v) is 11.0. The summed E-state index contributed by atoms with van der Waals surface area (Å²) in [5, 5.41) is 5.00. The minimum absolute atomic E-state index is 0.262. The standard InChI is InChI=1S/C23H14ClN3O4S/c24-14-5-3-4-13(10-14)16-9-8-15(30-16)11-20-22(28)27-23(32-20)25-21(26-27)19-12-29-17-6-1-2-7-18(17)31-19/h1-11,19H,12H2/b20-11-/t19-/m1/s1. The maximum atomic E-state index is 12.9. The Bertz CT molecular complexity index is 1570. The van der Waals surface area contributed by atoms with E-state index in [1.165, 1.54) is 15.9 Å². The Hall–Kier alpha value is -3.62. The molecule has 9 heteroatoms. The van der Waals surface area contributed by atoms with E-state index in [9.17, 15) is 4.79 Å². The van der Waals surface area contributed by atoms with Gasteiger partial charge in [-0.2, -0.15) is 9.50 Å². The van der Waals surface area contributed by atoms with E-state index in [1.807, 2.05) is 54.6 Å². The molecule has 5 aromatic rings. The topological polar surface area (TPSA) is 78.9 Å². The van der Waals surface area contributed by atoms with E-state index in [1.54, 1.807) is 12.1 Å². The molecule has 1 aliphatic rings. The van der Waals surface area contributed by atoms with Crippen LogP contribution >= 0.6 is 22.9 Å². The Morgan fingerprint density at radius 1 is 1.09 bits per heavy atom. The average Bonchev–Trinajstić information content (AvgIpc) is 3.51. The fourth-order valence-electron chi connectivity index (χ4n) is 3.49. The van der Waals surface area contributed by atoms with E-state index in [0.29, 0.717) is 43.4 Å². The van der Waals surface area contributed by atoms with E-state index < -0.39 is 6.10 Å². The summed E-state index contributed by atoms with van der Waals surface area (Å²) in [4.78, 5) is 17.8.